The summed E-state index contributed by atoms with van der Waals surface area (Å²) >= 11 is 5.87. The van der Waals surface area contributed by atoms with Crippen LogP contribution >= 0.6 is 11.6 Å². The molecule has 218 valence electrons. The summed E-state index contributed by atoms with van der Waals surface area (Å²) in [5, 5.41) is 17.3. The van der Waals surface area contributed by atoms with Crippen LogP contribution in [0.1, 0.15) is 50.2 Å². The van der Waals surface area contributed by atoms with Crippen LogP contribution in [0, 0.1) is 11.3 Å². The van der Waals surface area contributed by atoms with Gasteiger partial charge in [0, 0.05) is 80.5 Å². The molecule has 5 rings (SSSR count). The third-order valence-corrected chi connectivity index (χ3v) is 9.01. The van der Waals surface area contributed by atoms with Crippen molar-refractivity contribution in [3.63, 3.8) is 0 Å². The quantitative estimate of drug-likeness (QED) is 0.279. The molecule has 8 nitrogen and oxygen atoms in total. The minimum atomic E-state index is -2.65. The first kappa shape index (κ1) is 29.0. The van der Waals surface area contributed by atoms with Crippen LogP contribution in [0.4, 0.5) is 14.5 Å². The first-order valence-corrected chi connectivity index (χ1v) is 14.9. The largest absolute Gasteiger partial charge is 0.342 e. The van der Waals surface area contributed by atoms with Gasteiger partial charge >= 0.3 is 0 Å². The number of piperidine rings is 2. The number of carbonyl (C=O) groups excluding carboxylic acids is 1. The molecule has 1 aromatic carbocycles. The summed E-state index contributed by atoms with van der Waals surface area (Å²) in [5.41, 5.74) is 2.75. The summed E-state index contributed by atoms with van der Waals surface area (Å²) < 4.78 is 30.1. The van der Waals surface area contributed by atoms with Gasteiger partial charge in [0.05, 0.1) is 6.20 Å². The highest BCUT2D eigenvalue weighted by Gasteiger charge is 2.39. The van der Waals surface area contributed by atoms with Crippen molar-refractivity contribution < 1.29 is 13.6 Å². The Kier molecular flexibility index (Phi) is 9.07. The van der Waals surface area contributed by atoms with Crippen LogP contribution in [0.5, 0.6) is 0 Å². The maximum absolute atomic E-state index is 14.3. The summed E-state index contributed by atoms with van der Waals surface area (Å²) in [6, 6.07) is 3.82. The molecule has 2 saturated heterocycles. The van der Waals surface area contributed by atoms with E-state index in [4.69, 9.17) is 11.6 Å². The lowest BCUT2D eigenvalue weighted by Gasteiger charge is -2.43. The van der Waals surface area contributed by atoms with E-state index in [1.54, 1.807) is 37.1 Å². The van der Waals surface area contributed by atoms with Crippen molar-refractivity contribution in [3.05, 3.63) is 35.7 Å². The molecule has 40 heavy (non-hydrogen) atoms. The van der Waals surface area contributed by atoms with Crippen molar-refractivity contribution in [2.24, 2.45) is 13.0 Å². The molecule has 0 radical (unpaired) electrons. The number of amidine groups is 1. The van der Waals surface area contributed by atoms with E-state index < -0.39 is 6.43 Å². The number of anilines is 1. The topological polar surface area (TPSA) is 80.5 Å². The molecule has 0 bridgehead atoms. The zero-order valence-corrected chi connectivity index (χ0v) is 24.1. The van der Waals surface area contributed by atoms with Crippen molar-refractivity contribution in [1.29, 1.82) is 5.41 Å². The number of nitrogens with zero attached hydrogens (tertiary/aromatic N) is 5. The number of alkyl halides is 3. The van der Waals surface area contributed by atoms with Gasteiger partial charge in [0.1, 0.15) is 5.84 Å². The summed E-state index contributed by atoms with van der Waals surface area (Å²) in [6.45, 7) is 6.34. The predicted octanol–water partition coefficient (Wildman–Crippen LogP) is 4.28. The number of fused-ring (bicyclic) bond motifs is 1. The predicted molar refractivity (Wildman–Crippen MR) is 154 cm³/mol. The van der Waals surface area contributed by atoms with Crippen LogP contribution < -0.4 is 10.2 Å². The van der Waals surface area contributed by atoms with Crippen LogP contribution in [0.25, 0.3) is 11.1 Å². The van der Waals surface area contributed by atoms with E-state index in [2.05, 4.69) is 15.3 Å². The van der Waals surface area contributed by atoms with Gasteiger partial charge in [0.15, 0.2) is 0 Å². The molecular formula is C29H40ClF2N7O. The Labute approximate surface area is 240 Å². The second-order valence-corrected chi connectivity index (χ2v) is 11.7. The van der Waals surface area contributed by atoms with E-state index in [-0.39, 0.29) is 23.4 Å². The fourth-order valence-electron chi connectivity index (χ4n) is 6.52. The molecule has 2 atom stereocenters. The van der Waals surface area contributed by atoms with Crippen molar-refractivity contribution in [2.45, 2.75) is 57.5 Å². The number of aromatic nitrogens is 2. The van der Waals surface area contributed by atoms with Gasteiger partial charge in [-0.1, -0.05) is 0 Å². The number of hydrogen-bond acceptors (Lipinski definition) is 5. The number of hydrogen-bond donors (Lipinski definition) is 2. The van der Waals surface area contributed by atoms with E-state index in [0.717, 1.165) is 50.9 Å². The van der Waals surface area contributed by atoms with Gasteiger partial charge in [-0.25, -0.2) is 8.78 Å². The number of halogens is 3. The van der Waals surface area contributed by atoms with Crippen molar-refractivity contribution in [2.75, 3.05) is 50.0 Å². The van der Waals surface area contributed by atoms with E-state index in [1.165, 1.54) is 0 Å². The van der Waals surface area contributed by atoms with Gasteiger partial charge < -0.3 is 20.0 Å². The van der Waals surface area contributed by atoms with Crippen LogP contribution in [0.2, 0.25) is 0 Å². The third-order valence-electron chi connectivity index (χ3n) is 8.74. The summed E-state index contributed by atoms with van der Waals surface area (Å²) in [5.74, 6) is 0.869. The molecule has 2 fully saturated rings. The molecule has 2 unspecified atom stereocenters. The van der Waals surface area contributed by atoms with Crippen LogP contribution in [-0.2, 0) is 18.3 Å². The zero-order valence-electron chi connectivity index (χ0n) is 23.4. The average Bonchev–Trinajstić information content (AvgIpc) is 3.57. The Balaban J connectivity index is 1.36. The highest BCUT2D eigenvalue weighted by molar-refractivity contribution is 6.17. The van der Waals surface area contributed by atoms with Crippen LogP contribution in [0.15, 0.2) is 24.5 Å². The molecule has 0 saturated carbocycles. The Morgan fingerprint density at radius 3 is 2.62 bits per heavy atom. The minimum absolute atomic E-state index is 0.00627. The molecule has 11 heteroatoms. The Morgan fingerprint density at radius 2 is 1.98 bits per heavy atom. The summed E-state index contributed by atoms with van der Waals surface area (Å²) in [6.07, 6.45) is 5.23. The van der Waals surface area contributed by atoms with E-state index >= 15 is 0 Å². The van der Waals surface area contributed by atoms with Crippen molar-refractivity contribution in [3.8, 4) is 11.1 Å². The van der Waals surface area contributed by atoms with E-state index in [0.29, 0.717) is 60.6 Å². The highest BCUT2D eigenvalue weighted by Crippen LogP contribution is 2.40. The van der Waals surface area contributed by atoms with Gasteiger partial charge in [0.2, 0.25) is 5.91 Å². The summed E-state index contributed by atoms with van der Waals surface area (Å²) in [7, 11) is 1.77. The van der Waals surface area contributed by atoms with Gasteiger partial charge in [-0.3, -0.25) is 14.9 Å². The summed E-state index contributed by atoms with van der Waals surface area (Å²) in [4.78, 5) is 18.5. The first-order valence-electron chi connectivity index (χ1n) is 14.3. The fraction of sp³-hybridized carbons (Fsp3) is 0.621. The molecule has 1 amide bonds. The lowest BCUT2D eigenvalue weighted by atomic mass is 9.88. The van der Waals surface area contributed by atoms with Crippen LogP contribution in [-0.4, -0.2) is 88.6 Å². The number of rotatable bonds is 8. The molecular weight excluding hydrogens is 536 g/mol. The number of carbonyl (C=O) groups is 1. The van der Waals surface area contributed by atoms with E-state index in [9.17, 15) is 19.0 Å². The molecule has 3 aliphatic rings. The molecule has 0 aliphatic carbocycles. The van der Waals surface area contributed by atoms with Crippen molar-refractivity contribution >= 4 is 29.0 Å². The Hall–Kier alpha value is -2.56. The second kappa shape index (κ2) is 12.5. The van der Waals surface area contributed by atoms with Gasteiger partial charge in [0.25, 0.3) is 6.43 Å². The molecule has 4 heterocycles. The monoisotopic (exact) mass is 575 g/mol. The molecule has 1 aromatic heterocycles. The maximum atomic E-state index is 14.3. The molecule has 0 spiro atoms. The number of likely N-dealkylation sites (tertiary alicyclic amines) is 2. The Morgan fingerprint density at radius 1 is 1.20 bits per heavy atom. The Bertz CT molecular complexity index is 1210. The highest BCUT2D eigenvalue weighted by atomic mass is 35.5. The SMILES string of the molecule is CC(=O)N1CCC(NC2CCN(CCCCl)CC2)C(C(=N)N2CCc3cc(-c4cnn(C)c4)c(C(F)F)cc32)C1. The normalized spacial score (nSPS) is 22.2. The molecule has 3 aliphatic heterocycles. The molecule has 2 aromatic rings. The number of amides is 1. The minimum Gasteiger partial charge on any atom is -0.342 e. The standard InChI is InChI=1S/C29H40ClF2N7O/c1-19(40)38-12-7-26(35-22-5-10-37(11-6-22)9-3-8-30)25(18-38)29(33)39-13-4-20-14-23(21-16-34-36(2)17-21)24(28(31)32)15-27(20)39/h14-17,22,25-26,28,33,35H,3-13,18H2,1-2H3. The van der Waals surface area contributed by atoms with Crippen LogP contribution in [0.3, 0.4) is 0 Å². The first-order chi connectivity index (χ1) is 19.2. The maximum Gasteiger partial charge on any atom is 0.264 e. The van der Waals surface area contributed by atoms with E-state index in [1.807, 2.05) is 15.9 Å². The molecule has 2 N–H and O–H groups in total. The second-order valence-electron chi connectivity index (χ2n) is 11.4. The third kappa shape index (κ3) is 6.19. The fourth-order valence-corrected chi connectivity index (χ4v) is 6.64. The smallest absolute Gasteiger partial charge is 0.264 e. The zero-order chi connectivity index (χ0) is 28.4. The van der Waals surface area contributed by atoms with Gasteiger partial charge in [-0.05, 0) is 75.0 Å². The van der Waals surface area contributed by atoms with Gasteiger partial charge in [-0.2, -0.15) is 5.10 Å². The average molecular weight is 576 g/mol. The number of aryl methyl sites for hydroxylation is 1. The van der Waals surface area contributed by atoms with Crippen molar-refractivity contribution in [1.82, 2.24) is 24.9 Å². The van der Waals surface area contributed by atoms with Gasteiger partial charge in [-0.15, -0.1) is 11.6 Å². The number of nitrogens with one attached hydrogen (secondary N) is 2. The lowest BCUT2D eigenvalue weighted by molar-refractivity contribution is -0.130. The number of benzene rings is 1. The lowest BCUT2D eigenvalue weighted by Crippen LogP contribution is -2.58.